The molecule has 2 aromatic rings. The Balaban J connectivity index is 0.000000626. The number of rotatable bonds is 4. The predicted molar refractivity (Wildman–Crippen MR) is 106 cm³/mol. The maximum Gasteiger partial charge on any atom is 0.373 e. The summed E-state index contributed by atoms with van der Waals surface area (Å²) in [6.07, 6.45) is 10.1. The van der Waals surface area contributed by atoms with E-state index in [0.29, 0.717) is 5.78 Å². The van der Waals surface area contributed by atoms with Gasteiger partial charge in [0, 0.05) is 23.3 Å². The van der Waals surface area contributed by atoms with Crippen LogP contribution in [0, 0.1) is 5.92 Å². The third-order valence-electron chi connectivity index (χ3n) is 5.03. The minimum atomic E-state index is -0.350. The molecule has 1 aliphatic carbocycles. The molecule has 154 valence electrons. The Kier molecular flexibility index (Phi) is 9.98. The van der Waals surface area contributed by atoms with Gasteiger partial charge < -0.3 is 4.57 Å². The zero-order valence-corrected chi connectivity index (χ0v) is 17.3. The van der Waals surface area contributed by atoms with Crippen LogP contribution in [0.5, 0.6) is 0 Å². The van der Waals surface area contributed by atoms with E-state index in [1.807, 2.05) is 38.1 Å². The summed E-state index contributed by atoms with van der Waals surface area (Å²) in [6.45, 7) is 4.03. The minimum Gasteiger partial charge on any atom is -0.341 e. The molecule has 1 heterocycles. The SMILES string of the molecule is CC(C)C(=O)C1(n2ccc(-c3ccc(Cl)cc3)c2)CCCCC1.O=C=O.O=C=O. The van der Waals surface area contributed by atoms with Gasteiger partial charge in [-0.2, -0.15) is 19.2 Å². The maximum absolute atomic E-state index is 13.0. The lowest BCUT2D eigenvalue weighted by molar-refractivity contribution is -0.193. The Morgan fingerprint density at radius 1 is 0.931 bits per heavy atom. The van der Waals surface area contributed by atoms with Gasteiger partial charge in [-0.25, -0.2) is 0 Å². The second kappa shape index (κ2) is 11.9. The van der Waals surface area contributed by atoms with Gasteiger partial charge in [0.05, 0.1) is 0 Å². The molecule has 1 aromatic heterocycles. The minimum absolute atomic E-state index is 0.0643. The summed E-state index contributed by atoms with van der Waals surface area (Å²) < 4.78 is 2.18. The van der Waals surface area contributed by atoms with Crippen LogP contribution < -0.4 is 0 Å². The lowest BCUT2D eigenvalue weighted by Crippen LogP contribution is -2.45. The van der Waals surface area contributed by atoms with Gasteiger partial charge in [0.2, 0.25) is 0 Å². The molecule has 7 heteroatoms. The van der Waals surface area contributed by atoms with Crippen molar-refractivity contribution in [1.29, 1.82) is 0 Å². The van der Waals surface area contributed by atoms with Crippen LogP contribution in [0.4, 0.5) is 0 Å². The smallest absolute Gasteiger partial charge is 0.341 e. The first-order chi connectivity index (χ1) is 13.9. The van der Waals surface area contributed by atoms with Crippen molar-refractivity contribution in [3.63, 3.8) is 0 Å². The van der Waals surface area contributed by atoms with Crippen molar-refractivity contribution in [2.24, 2.45) is 5.92 Å². The molecule has 0 atom stereocenters. The van der Waals surface area contributed by atoms with Crippen molar-refractivity contribution >= 4 is 29.7 Å². The Morgan fingerprint density at radius 3 is 1.93 bits per heavy atom. The molecule has 29 heavy (non-hydrogen) atoms. The summed E-state index contributed by atoms with van der Waals surface area (Å²) in [5.41, 5.74) is 1.93. The third-order valence-corrected chi connectivity index (χ3v) is 5.28. The lowest BCUT2D eigenvalue weighted by atomic mass is 9.75. The van der Waals surface area contributed by atoms with Gasteiger partial charge in [-0.15, -0.1) is 0 Å². The van der Waals surface area contributed by atoms with E-state index in [-0.39, 0.29) is 23.8 Å². The summed E-state index contributed by atoms with van der Waals surface area (Å²) >= 11 is 5.97. The van der Waals surface area contributed by atoms with Crippen LogP contribution in [0.1, 0.15) is 46.0 Å². The molecule has 0 aliphatic heterocycles. The van der Waals surface area contributed by atoms with Crippen molar-refractivity contribution in [3.05, 3.63) is 47.7 Å². The first kappa shape index (κ1) is 24.3. The van der Waals surface area contributed by atoms with E-state index in [4.69, 9.17) is 30.8 Å². The van der Waals surface area contributed by atoms with Crippen LogP contribution in [0.15, 0.2) is 42.7 Å². The van der Waals surface area contributed by atoms with Crippen LogP contribution in [-0.4, -0.2) is 22.7 Å². The Morgan fingerprint density at radius 2 is 1.45 bits per heavy atom. The number of hydrogen-bond acceptors (Lipinski definition) is 5. The van der Waals surface area contributed by atoms with Crippen molar-refractivity contribution in [2.45, 2.75) is 51.5 Å². The van der Waals surface area contributed by atoms with Gasteiger partial charge in [-0.3, -0.25) is 4.79 Å². The monoisotopic (exact) mass is 417 g/mol. The molecule has 1 aliphatic rings. The molecule has 0 saturated heterocycles. The largest absolute Gasteiger partial charge is 0.373 e. The number of halogens is 1. The molecule has 1 fully saturated rings. The molecule has 1 saturated carbocycles. The Hall–Kier alpha value is -2.78. The zero-order chi connectivity index (χ0) is 21.9. The van der Waals surface area contributed by atoms with E-state index in [0.717, 1.165) is 41.8 Å². The number of Topliss-reactive ketones (excluding diaryl/α,β-unsaturated/α-hetero) is 1. The van der Waals surface area contributed by atoms with Gasteiger partial charge in [0.15, 0.2) is 5.78 Å². The predicted octanol–water partition coefficient (Wildman–Crippen LogP) is 4.53. The summed E-state index contributed by atoms with van der Waals surface area (Å²) in [7, 11) is 0. The van der Waals surface area contributed by atoms with Gasteiger partial charge >= 0.3 is 12.3 Å². The van der Waals surface area contributed by atoms with E-state index >= 15 is 0 Å². The maximum atomic E-state index is 13.0. The normalized spacial score (nSPS) is 14.3. The fourth-order valence-electron chi connectivity index (χ4n) is 3.78. The Bertz CT molecular complexity index is 840. The quantitative estimate of drug-likeness (QED) is 0.729. The van der Waals surface area contributed by atoms with E-state index in [1.165, 1.54) is 6.42 Å². The molecule has 0 spiro atoms. The third kappa shape index (κ3) is 6.37. The highest BCUT2D eigenvalue weighted by molar-refractivity contribution is 6.30. The van der Waals surface area contributed by atoms with E-state index in [2.05, 4.69) is 23.0 Å². The summed E-state index contributed by atoms with van der Waals surface area (Å²) in [5, 5.41) is 0.743. The molecule has 0 amide bonds. The zero-order valence-electron chi connectivity index (χ0n) is 16.5. The molecule has 6 nitrogen and oxygen atoms in total. The van der Waals surface area contributed by atoms with E-state index < -0.39 is 0 Å². The number of aromatic nitrogens is 1. The molecular formula is C22H24ClNO5. The molecule has 0 N–H and O–H groups in total. The highest BCUT2D eigenvalue weighted by atomic mass is 35.5. The second-order valence-electron chi connectivity index (χ2n) is 7.09. The molecule has 3 rings (SSSR count). The van der Waals surface area contributed by atoms with Crippen LogP contribution in [-0.2, 0) is 29.5 Å². The standard InChI is InChI=1S/C20H24ClNO.2CO2/c1-15(2)19(23)20(11-4-3-5-12-20)22-13-10-17(14-22)16-6-8-18(21)9-7-16;2*2-1-3/h6-10,13-15H,3-5,11-12H2,1-2H3;;. The topological polar surface area (TPSA) is 90.3 Å². The molecule has 0 bridgehead atoms. The van der Waals surface area contributed by atoms with E-state index in [1.54, 1.807) is 0 Å². The average molecular weight is 418 g/mol. The summed E-state index contributed by atoms with van der Waals surface area (Å²) in [6, 6.07) is 9.97. The number of ketones is 1. The summed E-state index contributed by atoms with van der Waals surface area (Å²) in [5.74, 6) is 0.435. The molecular weight excluding hydrogens is 394 g/mol. The van der Waals surface area contributed by atoms with Gasteiger partial charge in [0.1, 0.15) is 5.54 Å². The van der Waals surface area contributed by atoms with Crippen molar-refractivity contribution in [2.75, 3.05) is 0 Å². The Labute approximate surface area is 174 Å². The number of hydrogen-bond donors (Lipinski definition) is 0. The molecule has 0 unspecified atom stereocenters. The van der Waals surface area contributed by atoms with Crippen LogP contribution in [0.2, 0.25) is 5.02 Å². The lowest BCUT2D eigenvalue weighted by Gasteiger charge is -2.38. The molecule has 1 aromatic carbocycles. The van der Waals surface area contributed by atoms with Gasteiger partial charge in [0.25, 0.3) is 0 Å². The number of carbonyl (C=O) groups excluding carboxylic acids is 5. The fourth-order valence-corrected chi connectivity index (χ4v) is 3.91. The first-order valence-electron chi connectivity index (χ1n) is 9.33. The average Bonchev–Trinajstić information content (AvgIpc) is 3.20. The summed E-state index contributed by atoms with van der Waals surface area (Å²) in [4.78, 5) is 45.5. The van der Waals surface area contributed by atoms with Crippen LogP contribution >= 0.6 is 11.6 Å². The van der Waals surface area contributed by atoms with Gasteiger partial charge in [-0.05, 0) is 42.2 Å². The van der Waals surface area contributed by atoms with Gasteiger partial charge in [-0.1, -0.05) is 56.8 Å². The van der Waals surface area contributed by atoms with E-state index in [9.17, 15) is 4.79 Å². The number of benzene rings is 1. The fraction of sp³-hybridized carbons (Fsp3) is 0.409. The first-order valence-corrected chi connectivity index (χ1v) is 9.71. The highest BCUT2D eigenvalue weighted by Gasteiger charge is 2.41. The second-order valence-corrected chi connectivity index (χ2v) is 7.53. The van der Waals surface area contributed by atoms with Crippen LogP contribution in [0.3, 0.4) is 0 Å². The number of nitrogens with zero attached hydrogens (tertiary/aromatic N) is 1. The van der Waals surface area contributed by atoms with Crippen LogP contribution in [0.25, 0.3) is 11.1 Å². The van der Waals surface area contributed by atoms with Crippen molar-refractivity contribution in [1.82, 2.24) is 4.57 Å². The van der Waals surface area contributed by atoms with Crippen molar-refractivity contribution in [3.8, 4) is 11.1 Å². The molecule has 0 radical (unpaired) electrons. The number of carbonyl (C=O) groups is 1. The van der Waals surface area contributed by atoms with Crippen molar-refractivity contribution < 1.29 is 24.0 Å². The highest BCUT2D eigenvalue weighted by Crippen LogP contribution is 2.39.